The van der Waals surface area contributed by atoms with Gasteiger partial charge in [0.2, 0.25) is 5.91 Å². The summed E-state index contributed by atoms with van der Waals surface area (Å²) >= 11 is 5.67. The van der Waals surface area contributed by atoms with Gasteiger partial charge >= 0.3 is 0 Å². The number of halogens is 1. The Hall–Kier alpha value is -1.35. The predicted molar refractivity (Wildman–Crippen MR) is 73.1 cm³/mol. The highest BCUT2D eigenvalue weighted by Crippen LogP contribution is 2.32. The van der Waals surface area contributed by atoms with Crippen LogP contribution in [0, 0.1) is 6.92 Å². The third-order valence-electron chi connectivity index (χ3n) is 3.48. The van der Waals surface area contributed by atoms with Crippen molar-refractivity contribution in [2.45, 2.75) is 32.6 Å². The molecule has 0 unspecified atom stereocenters. The lowest BCUT2D eigenvalue weighted by Gasteiger charge is -2.28. The Balaban J connectivity index is 3.50. The Labute approximate surface area is 112 Å². The van der Waals surface area contributed by atoms with Gasteiger partial charge in [-0.2, -0.15) is 0 Å². The number of Topliss-reactive ketones (excluding diaryl/α,β-unsaturated/α-hetero) is 1. The zero-order valence-electron chi connectivity index (χ0n) is 10.9. The molecule has 0 saturated carbocycles. The summed E-state index contributed by atoms with van der Waals surface area (Å²) in [4.78, 5) is 23.6. The van der Waals surface area contributed by atoms with Crippen molar-refractivity contribution in [1.29, 1.82) is 0 Å². The Morgan fingerprint density at radius 1 is 1.39 bits per heavy atom. The first-order valence-electron chi connectivity index (χ1n) is 5.87. The molecule has 1 atom stereocenters. The summed E-state index contributed by atoms with van der Waals surface area (Å²) in [7, 11) is 0. The van der Waals surface area contributed by atoms with Crippen LogP contribution in [0.5, 0.6) is 0 Å². The Morgan fingerprint density at radius 3 is 2.44 bits per heavy atom. The number of carbonyl (C=O) groups excluding carboxylic acids is 2. The SMILES string of the molecule is CC[C@@](C)(C(=O)CCl)c1cc(C)ccc1C(N)=O. The molecular formula is C14H18ClNO2. The fourth-order valence-corrected chi connectivity index (χ4v) is 2.31. The number of alkyl halides is 1. The first-order valence-corrected chi connectivity index (χ1v) is 6.40. The number of rotatable bonds is 5. The second kappa shape index (κ2) is 5.53. The number of nitrogens with two attached hydrogens (primary N) is 1. The van der Waals surface area contributed by atoms with Crippen LogP contribution in [0.3, 0.4) is 0 Å². The van der Waals surface area contributed by atoms with Crippen LogP contribution in [0.4, 0.5) is 0 Å². The van der Waals surface area contributed by atoms with Crippen molar-refractivity contribution in [1.82, 2.24) is 0 Å². The van der Waals surface area contributed by atoms with Gasteiger partial charge in [-0.05, 0) is 31.9 Å². The maximum atomic E-state index is 12.1. The number of primary amides is 1. The summed E-state index contributed by atoms with van der Waals surface area (Å²) < 4.78 is 0. The molecule has 18 heavy (non-hydrogen) atoms. The molecule has 0 bridgehead atoms. The summed E-state index contributed by atoms with van der Waals surface area (Å²) in [5.41, 5.74) is 6.65. The first-order chi connectivity index (χ1) is 8.36. The highest BCUT2D eigenvalue weighted by atomic mass is 35.5. The van der Waals surface area contributed by atoms with E-state index < -0.39 is 11.3 Å². The Bertz CT molecular complexity index is 485. The van der Waals surface area contributed by atoms with E-state index in [0.717, 1.165) is 5.56 Å². The number of hydrogen-bond donors (Lipinski definition) is 1. The van der Waals surface area contributed by atoms with Crippen LogP contribution in [-0.4, -0.2) is 17.6 Å². The van der Waals surface area contributed by atoms with Crippen molar-refractivity contribution in [2.24, 2.45) is 5.73 Å². The lowest BCUT2D eigenvalue weighted by Crippen LogP contribution is -2.35. The van der Waals surface area contributed by atoms with E-state index in [4.69, 9.17) is 17.3 Å². The quantitative estimate of drug-likeness (QED) is 0.834. The molecule has 1 aromatic carbocycles. The van der Waals surface area contributed by atoms with Crippen molar-refractivity contribution >= 4 is 23.3 Å². The Morgan fingerprint density at radius 2 is 2.00 bits per heavy atom. The summed E-state index contributed by atoms with van der Waals surface area (Å²) in [5.74, 6) is -0.692. The second-order valence-corrected chi connectivity index (χ2v) is 4.92. The number of aryl methyl sites for hydroxylation is 1. The molecule has 0 spiro atoms. The lowest BCUT2D eigenvalue weighted by molar-refractivity contribution is -0.121. The Kier molecular flexibility index (Phi) is 4.52. The molecule has 0 fully saturated rings. The smallest absolute Gasteiger partial charge is 0.249 e. The molecule has 0 aliphatic heterocycles. The van der Waals surface area contributed by atoms with E-state index in [2.05, 4.69) is 0 Å². The van der Waals surface area contributed by atoms with Crippen LogP contribution in [0.15, 0.2) is 18.2 Å². The topological polar surface area (TPSA) is 60.2 Å². The minimum atomic E-state index is -0.766. The number of hydrogen-bond acceptors (Lipinski definition) is 2. The van der Waals surface area contributed by atoms with Crippen LogP contribution in [0.2, 0.25) is 0 Å². The molecule has 4 heteroatoms. The molecule has 98 valence electrons. The first kappa shape index (κ1) is 14.7. The summed E-state index contributed by atoms with van der Waals surface area (Å²) in [5, 5.41) is 0. The van der Waals surface area contributed by atoms with Gasteiger partial charge in [0.15, 0.2) is 5.78 Å². The highest BCUT2D eigenvalue weighted by Gasteiger charge is 2.35. The van der Waals surface area contributed by atoms with Gasteiger partial charge in [0.05, 0.1) is 11.3 Å². The molecule has 3 nitrogen and oxygen atoms in total. The van der Waals surface area contributed by atoms with Crippen molar-refractivity contribution in [3.05, 3.63) is 34.9 Å². The van der Waals surface area contributed by atoms with E-state index in [1.165, 1.54) is 0 Å². The van der Waals surface area contributed by atoms with Gasteiger partial charge in [-0.15, -0.1) is 11.6 Å². The monoisotopic (exact) mass is 267 g/mol. The van der Waals surface area contributed by atoms with E-state index >= 15 is 0 Å². The van der Waals surface area contributed by atoms with E-state index in [1.54, 1.807) is 13.0 Å². The molecule has 1 amide bonds. The highest BCUT2D eigenvalue weighted by molar-refractivity contribution is 6.29. The van der Waals surface area contributed by atoms with Crippen molar-refractivity contribution < 1.29 is 9.59 Å². The average molecular weight is 268 g/mol. The zero-order chi connectivity index (χ0) is 13.9. The van der Waals surface area contributed by atoms with E-state index in [1.807, 2.05) is 26.0 Å². The molecular weight excluding hydrogens is 250 g/mol. The molecule has 0 radical (unpaired) electrons. The number of ketones is 1. The van der Waals surface area contributed by atoms with Crippen molar-refractivity contribution in [3.8, 4) is 0 Å². The normalized spacial score (nSPS) is 14.0. The minimum absolute atomic E-state index is 0.0729. The van der Waals surface area contributed by atoms with Gasteiger partial charge < -0.3 is 5.73 Å². The van der Waals surface area contributed by atoms with Gasteiger partial charge in [-0.3, -0.25) is 9.59 Å². The number of amides is 1. The van der Waals surface area contributed by atoms with E-state index in [0.29, 0.717) is 17.5 Å². The zero-order valence-corrected chi connectivity index (χ0v) is 11.7. The summed E-state index contributed by atoms with van der Waals surface area (Å²) in [6.07, 6.45) is 0.572. The van der Waals surface area contributed by atoms with Gasteiger partial charge in [0, 0.05) is 5.56 Å². The molecule has 0 aliphatic carbocycles. The van der Waals surface area contributed by atoms with Crippen LogP contribution in [0.1, 0.15) is 41.8 Å². The largest absolute Gasteiger partial charge is 0.366 e. The number of carbonyl (C=O) groups is 2. The van der Waals surface area contributed by atoms with Crippen LogP contribution in [0.25, 0.3) is 0 Å². The van der Waals surface area contributed by atoms with Gasteiger partial charge in [0.25, 0.3) is 0 Å². The maximum Gasteiger partial charge on any atom is 0.249 e. The lowest BCUT2D eigenvalue weighted by atomic mass is 9.74. The van der Waals surface area contributed by atoms with Gasteiger partial charge in [-0.25, -0.2) is 0 Å². The molecule has 0 heterocycles. The average Bonchev–Trinajstić information content (AvgIpc) is 2.36. The van der Waals surface area contributed by atoms with Crippen molar-refractivity contribution in [3.63, 3.8) is 0 Å². The molecule has 0 aromatic heterocycles. The molecule has 2 N–H and O–H groups in total. The third-order valence-corrected chi connectivity index (χ3v) is 3.72. The fourth-order valence-electron chi connectivity index (χ4n) is 2.01. The summed E-state index contributed by atoms with van der Waals surface area (Å²) in [6, 6.07) is 5.32. The third kappa shape index (κ3) is 2.56. The summed E-state index contributed by atoms with van der Waals surface area (Å²) in [6.45, 7) is 5.62. The minimum Gasteiger partial charge on any atom is -0.366 e. The molecule has 1 rings (SSSR count). The van der Waals surface area contributed by atoms with E-state index in [9.17, 15) is 9.59 Å². The molecule has 1 aromatic rings. The van der Waals surface area contributed by atoms with Crippen LogP contribution in [-0.2, 0) is 10.2 Å². The maximum absolute atomic E-state index is 12.1. The predicted octanol–water partition coefficient (Wildman–Crippen LogP) is 2.57. The van der Waals surface area contributed by atoms with E-state index in [-0.39, 0.29) is 11.7 Å². The number of benzene rings is 1. The molecule has 0 aliphatic rings. The fraction of sp³-hybridized carbons (Fsp3) is 0.429. The van der Waals surface area contributed by atoms with Crippen molar-refractivity contribution in [2.75, 3.05) is 5.88 Å². The van der Waals surface area contributed by atoms with Crippen LogP contribution >= 0.6 is 11.6 Å². The molecule has 0 saturated heterocycles. The van der Waals surface area contributed by atoms with Gasteiger partial charge in [0.1, 0.15) is 0 Å². The van der Waals surface area contributed by atoms with Gasteiger partial charge in [-0.1, -0.05) is 24.6 Å². The van der Waals surface area contributed by atoms with Crippen LogP contribution < -0.4 is 5.73 Å². The standard InChI is InChI=1S/C14H18ClNO2/c1-4-14(3,12(17)8-15)11-7-9(2)5-6-10(11)13(16)18/h5-7H,4,8H2,1-3H3,(H2,16,18)/t14-/m1/s1. The second-order valence-electron chi connectivity index (χ2n) is 4.66.